The van der Waals surface area contributed by atoms with Crippen LogP contribution in [0.4, 0.5) is 4.39 Å². The van der Waals surface area contributed by atoms with E-state index in [1.54, 1.807) is 27.7 Å². The second kappa shape index (κ2) is 10.4. The fraction of sp³-hybridized carbons (Fsp3) is 0.500. The van der Waals surface area contributed by atoms with Crippen molar-refractivity contribution in [3.63, 3.8) is 0 Å². The number of aromatic nitrogens is 1. The van der Waals surface area contributed by atoms with Crippen LogP contribution in [0.3, 0.4) is 0 Å². The van der Waals surface area contributed by atoms with Crippen LogP contribution in [0.2, 0.25) is 0 Å². The number of nitrogens with one attached hydrogen (secondary N) is 2. The zero-order chi connectivity index (χ0) is 25.2. The van der Waals surface area contributed by atoms with E-state index in [4.69, 9.17) is 9.47 Å². The fourth-order valence-corrected chi connectivity index (χ4v) is 5.47. The molecular formula is C26H31FN4O5. The van der Waals surface area contributed by atoms with Crippen molar-refractivity contribution in [1.82, 2.24) is 20.3 Å². The number of halogens is 1. The first-order valence-corrected chi connectivity index (χ1v) is 12.5. The van der Waals surface area contributed by atoms with Gasteiger partial charge in [-0.3, -0.25) is 9.59 Å². The van der Waals surface area contributed by atoms with E-state index < -0.39 is 12.0 Å². The van der Waals surface area contributed by atoms with Gasteiger partial charge in [-0.2, -0.15) is 0 Å². The van der Waals surface area contributed by atoms with Gasteiger partial charge in [0.1, 0.15) is 23.2 Å². The lowest BCUT2D eigenvalue weighted by Gasteiger charge is -2.23. The van der Waals surface area contributed by atoms with Crippen LogP contribution >= 0.6 is 0 Å². The van der Waals surface area contributed by atoms with Gasteiger partial charge in [-0.25, -0.2) is 20.0 Å². The third kappa shape index (κ3) is 4.75. The summed E-state index contributed by atoms with van der Waals surface area (Å²) in [4.78, 5) is 40.8. The van der Waals surface area contributed by atoms with Gasteiger partial charge in [-0.15, -0.1) is 0 Å². The molecular weight excluding hydrogens is 467 g/mol. The van der Waals surface area contributed by atoms with E-state index in [1.165, 1.54) is 19.2 Å². The van der Waals surface area contributed by atoms with Crippen molar-refractivity contribution < 1.29 is 23.5 Å². The zero-order valence-electron chi connectivity index (χ0n) is 20.3. The minimum absolute atomic E-state index is 0.0250. The number of carbonyl (C=O) groups excluding carboxylic acids is 2. The SMILES string of the molecule is COC(=O)c1c(OC2CCCC2)cc(=O)n2c1CCN(C(=O)C1CC(c3ccccc3F)NN1)CC2. The van der Waals surface area contributed by atoms with Crippen molar-refractivity contribution >= 4 is 11.9 Å². The van der Waals surface area contributed by atoms with Crippen molar-refractivity contribution in [2.45, 2.75) is 63.3 Å². The number of benzene rings is 1. The topological polar surface area (TPSA) is 102 Å². The molecule has 2 aliphatic heterocycles. The van der Waals surface area contributed by atoms with Crippen LogP contribution in [0.25, 0.3) is 0 Å². The molecule has 0 radical (unpaired) electrons. The molecule has 2 atom stereocenters. The molecule has 10 heteroatoms. The normalized spacial score (nSPS) is 22.2. The van der Waals surface area contributed by atoms with E-state index in [-0.39, 0.29) is 47.3 Å². The highest BCUT2D eigenvalue weighted by Gasteiger charge is 2.35. The molecule has 2 fully saturated rings. The van der Waals surface area contributed by atoms with Gasteiger partial charge in [0, 0.05) is 43.4 Å². The molecule has 3 heterocycles. The minimum Gasteiger partial charge on any atom is -0.489 e. The number of esters is 1. The zero-order valence-corrected chi connectivity index (χ0v) is 20.3. The molecule has 192 valence electrons. The predicted octanol–water partition coefficient (Wildman–Crippen LogP) is 2.09. The van der Waals surface area contributed by atoms with Gasteiger partial charge < -0.3 is 18.9 Å². The molecule has 1 aromatic carbocycles. The average molecular weight is 499 g/mol. The largest absolute Gasteiger partial charge is 0.489 e. The first-order valence-electron chi connectivity index (χ1n) is 12.5. The molecule has 1 amide bonds. The van der Waals surface area contributed by atoms with E-state index in [9.17, 15) is 18.8 Å². The minimum atomic E-state index is -0.555. The highest BCUT2D eigenvalue weighted by molar-refractivity contribution is 5.93. The average Bonchev–Trinajstić information content (AvgIpc) is 3.52. The number of amides is 1. The standard InChI is InChI=1S/C26H31FN4O5/c1-35-26(34)24-21-10-11-30(12-13-31(21)23(32)15-22(24)36-16-6-2-3-7-16)25(33)20-14-19(28-29-20)17-8-4-5-9-18(17)27/h4-5,8-9,15-16,19-20,28-29H,2-3,6-7,10-14H2,1H3. The summed E-state index contributed by atoms with van der Waals surface area (Å²) in [6.45, 7) is 0.903. The molecule has 2 aromatic rings. The number of fused-ring (bicyclic) bond motifs is 1. The quantitative estimate of drug-likeness (QED) is 0.609. The molecule has 2 unspecified atom stereocenters. The number of hydrogen-bond donors (Lipinski definition) is 2. The summed E-state index contributed by atoms with van der Waals surface area (Å²) in [5, 5.41) is 0. The first kappa shape index (κ1) is 24.5. The van der Waals surface area contributed by atoms with E-state index in [0.717, 1.165) is 25.7 Å². The van der Waals surface area contributed by atoms with Crippen molar-refractivity contribution in [2.75, 3.05) is 20.2 Å². The second-order valence-electron chi connectivity index (χ2n) is 9.56. The molecule has 9 nitrogen and oxygen atoms in total. The highest BCUT2D eigenvalue weighted by atomic mass is 19.1. The molecule has 2 N–H and O–H groups in total. The highest BCUT2D eigenvalue weighted by Crippen LogP contribution is 2.30. The maximum absolute atomic E-state index is 14.2. The van der Waals surface area contributed by atoms with Gasteiger partial charge >= 0.3 is 5.97 Å². The number of ether oxygens (including phenoxy) is 2. The van der Waals surface area contributed by atoms with Gasteiger partial charge in [0.2, 0.25) is 5.91 Å². The number of nitrogens with zero attached hydrogens (tertiary/aromatic N) is 2. The lowest BCUT2D eigenvalue weighted by molar-refractivity contribution is -0.133. The summed E-state index contributed by atoms with van der Waals surface area (Å²) in [5.74, 6) is -0.746. The number of methoxy groups -OCH3 is 1. The van der Waals surface area contributed by atoms with Gasteiger partial charge in [0.15, 0.2) is 0 Å². The molecule has 1 saturated carbocycles. The molecule has 1 aliphatic carbocycles. The molecule has 36 heavy (non-hydrogen) atoms. The smallest absolute Gasteiger partial charge is 0.343 e. The number of rotatable bonds is 5. The van der Waals surface area contributed by atoms with Gasteiger partial charge in [-0.1, -0.05) is 18.2 Å². The summed E-state index contributed by atoms with van der Waals surface area (Å²) >= 11 is 0. The molecule has 5 rings (SSSR count). The van der Waals surface area contributed by atoms with Crippen LogP contribution in [0.15, 0.2) is 35.1 Å². The number of pyridine rings is 1. The van der Waals surface area contributed by atoms with Gasteiger partial charge in [0.05, 0.1) is 19.3 Å². The van der Waals surface area contributed by atoms with Crippen LogP contribution in [-0.2, 0) is 22.5 Å². The third-order valence-electron chi connectivity index (χ3n) is 7.37. The molecule has 3 aliphatic rings. The van der Waals surface area contributed by atoms with Gasteiger partial charge in [0.25, 0.3) is 5.56 Å². The van der Waals surface area contributed by atoms with Crippen LogP contribution in [0.5, 0.6) is 5.75 Å². The van der Waals surface area contributed by atoms with Crippen LogP contribution in [0, 0.1) is 5.82 Å². The third-order valence-corrected chi connectivity index (χ3v) is 7.37. The molecule has 1 saturated heterocycles. The van der Waals surface area contributed by atoms with Gasteiger partial charge in [-0.05, 0) is 38.2 Å². The lowest BCUT2D eigenvalue weighted by atomic mass is 10.0. The Balaban J connectivity index is 1.34. The van der Waals surface area contributed by atoms with E-state index in [0.29, 0.717) is 37.2 Å². The fourth-order valence-electron chi connectivity index (χ4n) is 5.47. The number of hydrogen-bond acceptors (Lipinski definition) is 7. The van der Waals surface area contributed by atoms with E-state index in [1.807, 2.05) is 0 Å². The Morgan fingerprint density at radius 1 is 1.08 bits per heavy atom. The Morgan fingerprint density at radius 3 is 2.61 bits per heavy atom. The summed E-state index contributed by atoms with van der Waals surface area (Å²) < 4.78 is 26.9. The molecule has 1 aromatic heterocycles. The monoisotopic (exact) mass is 498 g/mol. The number of hydrazine groups is 1. The Bertz CT molecular complexity index is 1210. The van der Waals surface area contributed by atoms with Crippen molar-refractivity contribution in [3.05, 3.63) is 63.3 Å². The lowest BCUT2D eigenvalue weighted by Crippen LogP contribution is -2.46. The Hall–Kier alpha value is -3.24. The molecule has 0 spiro atoms. The van der Waals surface area contributed by atoms with Crippen molar-refractivity contribution in [1.29, 1.82) is 0 Å². The maximum atomic E-state index is 14.2. The van der Waals surface area contributed by atoms with Crippen LogP contribution in [0.1, 0.15) is 59.8 Å². The van der Waals surface area contributed by atoms with Crippen molar-refractivity contribution in [3.8, 4) is 5.75 Å². The van der Waals surface area contributed by atoms with Crippen LogP contribution in [-0.4, -0.2) is 53.7 Å². The summed E-state index contributed by atoms with van der Waals surface area (Å²) in [6, 6.07) is 7.01. The Morgan fingerprint density at radius 2 is 1.86 bits per heavy atom. The summed E-state index contributed by atoms with van der Waals surface area (Å²) in [7, 11) is 1.31. The van der Waals surface area contributed by atoms with E-state index in [2.05, 4.69) is 10.9 Å². The summed E-state index contributed by atoms with van der Waals surface area (Å²) in [5.41, 5.74) is 7.06. The second-order valence-corrected chi connectivity index (χ2v) is 9.56. The Kier molecular flexibility index (Phi) is 7.06. The molecule has 0 bridgehead atoms. The van der Waals surface area contributed by atoms with Crippen molar-refractivity contribution in [2.24, 2.45) is 0 Å². The maximum Gasteiger partial charge on any atom is 0.343 e. The number of carbonyl (C=O) groups is 2. The predicted molar refractivity (Wildman–Crippen MR) is 129 cm³/mol. The summed E-state index contributed by atoms with van der Waals surface area (Å²) in [6.07, 6.45) is 4.57. The van der Waals surface area contributed by atoms with E-state index >= 15 is 0 Å². The van der Waals surface area contributed by atoms with Crippen LogP contribution < -0.4 is 21.1 Å². The first-order chi connectivity index (χ1) is 17.5. The Labute approximate surface area is 208 Å².